The van der Waals surface area contributed by atoms with E-state index in [1.54, 1.807) is 6.07 Å². The van der Waals surface area contributed by atoms with E-state index in [9.17, 15) is 9.50 Å². The first-order valence-electron chi connectivity index (χ1n) is 16.8. The number of hydrogen-bond donors (Lipinski definition) is 2. The number of hydrogen-bond acceptors (Lipinski definition) is 7. The molecule has 2 N–H and O–H groups in total. The van der Waals surface area contributed by atoms with Gasteiger partial charge in [0.1, 0.15) is 29.5 Å². The molecule has 47 heavy (non-hydrogen) atoms. The standard InChI is InChI=1S/C38H37F2N5O2/c1-3-27-31(39)10-5-23-15-26(46)16-30(32(23)27)28-8-9-29-34(33(28)40)41-36(47-21-37-12-4-14-45(37)18-22(2)17-37)42-35(29)44-19-25-11-13-38(20-44,43-25)24-6-7-24/h1,5,8-10,15-16,24-25,43,46H,2,4,6-7,11-14,17-21H2/t25-,37-,38+/m0/s1. The lowest BCUT2D eigenvalue weighted by Crippen LogP contribution is -2.61. The molecule has 5 aliphatic rings. The molecule has 0 radical (unpaired) electrons. The number of piperazine rings is 1. The van der Waals surface area contributed by atoms with E-state index in [0.717, 1.165) is 58.3 Å². The summed E-state index contributed by atoms with van der Waals surface area (Å²) in [4.78, 5) is 14.5. The summed E-state index contributed by atoms with van der Waals surface area (Å²) < 4.78 is 38.4. The highest BCUT2D eigenvalue weighted by Gasteiger charge is 2.53. The van der Waals surface area contributed by atoms with Crippen molar-refractivity contribution >= 4 is 27.5 Å². The fourth-order valence-electron chi connectivity index (χ4n) is 9.23. The van der Waals surface area contributed by atoms with Crippen LogP contribution in [0.15, 0.2) is 48.6 Å². The van der Waals surface area contributed by atoms with Gasteiger partial charge in [0.25, 0.3) is 0 Å². The summed E-state index contributed by atoms with van der Waals surface area (Å²) in [5, 5.41) is 16.0. The maximum Gasteiger partial charge on any atom is 0.319 e. The van der Waals surface area contributed by atoms with Crippen molar-refractivity contribution in [1.82, 2.24) is 20.2 Å². The molecule has 4 aromatic rings. The smallest absolute Gasteiger partial charge is 0.319 e. The predicted molar refractivity (Wildman–Crippen MR) is 179 cm³/mol. The average Bonchev–Trinajstić information content (AvgIpc) is 3.70. The molecule has 0 amide bonds. The highest BCUT2D eigenvalue weighted by Crippen LogP contribution is 2.49. The van der Waals surface area contributed by atoms with E-state index >= 15 is 4.39 Å². The Bertz CT molecular complexity index is 2040. The predicted octanol–water partition coefficient (Wildman–Crippen LogP) is 6.31. The first-order chi connectivity index (χ1) is 22.8. The third-order valence-corrected chi connectivity index (χ3v) is 11.5. The zero-order valence-electron chi connectivity index (χ0n) is 26.3. The highest BCUT2D eigenvalue weighted by molar-refractivity contribution is 6.04. The van der Waals surface area contributed by atoms with E-state index in [2.05, 4.69) is 27.6 Å². The summed E-state index contributed by atoms with van der Waals surface area (Å²) in [7, 11) is 0. The van der Waals surface area contributed by atoms with Gasteiger partial charge in [-0.2, -0.15) is 9.97 Å². The first-order valence-corrected chi connectivity index (χ1v) is 16.8. The van der Waals surface area contributed by atoms with Gasteiger partial charge in [0, 0.05) is 47.6 Å². The Balaban J connectivity index is 1.20. The molecular formula is C38H37F2N5O2. The molecule has 4 saturated heterocycles. The van der Waals surface area contributed by atoms with E-state index in [1.807, 2.05) is 6.07 Å². The number of phenols is 1. The number of phenolic OH excluding ortho intramolecular Hbond substituents is 1. The third-order valence-electron chi connectivity index (χ3n) is 11.5. The molecule has 1 aliphatic carbocycles. The quantitative estimate of drug-likeness (QED) is 0.191. The molecule has 5 fully saturated rings. The normalized spacial score (nSPS) is 27.1. The molecule has 1 saturated carbocycles. The van der Waals surface area contributed by atoms with Crippen LogP contribution in [0.1, 0.15) is 50.5 Å². The molecule has 5 heterocycles. The minimum absolute atomic E-state index is 0.0181. The van der Waals surface area contributed by atoms with Gasteiger partial charge in [-0.3, -0.25) is 4.90 Å². The largest absolute Gasteiger partial charge is 0.508 e. The number of fused-ring (bicyclic) bond motifs is 5. The van der Waals surface area contributed by atoms with E-state index in [-0.39, 0.29) is 39.5 Å². The van der Waals surface area contributed by atoms with E-state index in [0.29, 0.717) is 46.1 Å². The monoisotopic (exact) mass is 633 g/mol. The Morgan fingerprint density at radius 1 is 1.11 bits per heavy atom. The van der Waals surface area contributed by atoms with Gasteiger partial charge < -0.3 is 20.1 Å². The van der Waals surface area contributed by atoms with Crippen LogP contribution in [0.3, 0.4) is 0 Å². The maximum absolute atomic E-state index is 17.0. The molecule has 240 valence electrons. The molecule has 0 spiro atoms. The van der Waals surface area contributed by atoms with Gasteiger partial charge in [0.15, 0.2) is 5.82 Å². The average molecular weight is 634 g/mol. The van der Waals surface area contributed by atoms with Gasteiger partial charge in [-0.15, -0.1) is 6.42 Å². The van der Waals surface area contributed by atoms with Crippen molar-refractivity contribution in [3.63, 3.8) is 0 Å². The van der Waals surface area contributed by atoms with Gasteiger partial charge in [0.2, 0.25) is 0 Å². The number of terminal acetylenes is 1. The number of nitrogens with zero attached hydrogens (tertiary/aromatic N) is 4. The fourth-order valence-corrected chi connectivity index (χ4v) is 9.23. The number of aromatic nitrogens is 2. The number of nitrogens with one attached hydrogen (secondary N) is 1. The minimum atomic E-state index is -0.597. The molecule has 9 heteroatoms. The molecular weight excluding hydrogens is 596 g/mol. The Labute approximate surface area is 272 Å². The van der Waals surface area contributed by atoms with Crippen LogP contribution in [-0.4, -0.2) is 69.9 Å². The maximum atomic E-state index is 17.0. The van der Waals surface area contributed by atoms with Crippen molar-refractivity contribution in [3.05, 3.63) is 65.7 Å². The topological polar surface area (TPSA) is 73.8 Å². The number of halogens is 2. The number of aromatic hydroxyl groups is 1. The lowest BCUT2D eigenvalue weighted by atomic mass is 9.90. The Kier molecular flexibility index (Phi) is 6.38. The Morgan fingerprint density at radius 3 is 2.81 bits per heavy atom. The van der Waals surface area contributed by atoms with Crippen LogP contribution >= 0.6 is 0 Å². The second-order valence-electron chi connectivity index (χ2n) is 14.5. The lowest BCUT2D eigenvalue weighted by Gasteiger charge is -2.42. The Hall–Kier alpha value is -4.26. The number of anilines is 1. The van der Waals surface area contributed by atoms with E-state index in [4.69, 9.17) is 21.1 Å². The van der Waals surface area contributed by atoms with E-state index in [1.165, 1.54) is 42.7 Å². The molecule has 7 nitrogen and oxygen atoms in total. The van der Waals surface area contributed by atoms with Crippen LogP contribution in [0, 0.1) is 29.9 Å². The van der Waals surface area contributed by atoms with Crippen LogP contribution in [0.2, 0.25) is 0 Å². The van der Waals surface area contributed by atoms with Crippen LogP contribution in [0.5, 0.6) is 11.8 Å². The van der Waals surface area contributed by atoms with Crippen molar-refractivity contribution < 1.29 is 18.6 Å². The van der Waals surface area contributed by atoms with E-state index < -0.39 is 11.6 Å². The van der Waals surface area contributed by atoms with Crippen LogP contribution in [0.25, 0.3) is 32.8 Å². The summed E-state index contributed by atoms with van der Waals surface area (Å²) in [6.07, 6.45) is 13.4. The minimum Gasteiger partial charge on any atom is -0.508 e. The molecule has 0 unspecified atom stereocenters. The van der Waals surface area contributed by atoms with Gasteiger partial charge in [0.05, 0.1) is 11.1 Å². The van der Waals surface area contributed by atoms with Crippen molar-refractivity contribution in [2.75, 3.05) is 37.7 Å². The van der Waals surface area contributed by atoms with Crippen LogP contribution < -0.4 is 15.0 Å². The molecule has 3 aromatic carbocycles. The highest BCUT2D eigenvalue weighted by atomic mass is 19.1. The lowest BCUT2D eigenvalue weighted by molar-refractivity contribution is 0.108. The van der Waals surface area contributed by atoms with Crippen molar-refractivity contribution in [3.8, 4) is 35.2 Å². The summed E-state index contributed by atoms with van der Waals surface area (Å²) in [6.45, 7) is 8.09. The van der Waals surface area contributed by atoms with Crippen LogP contribution in [-0.2, 0) is 0 Å². The fraction of sp³-hybridized carbons (Fsp3) is 0.421. The third kappa shape index (κ3) is 4.52. The summed E-state index contributed by atoms with van der Waals surface area (Å²) in [5.41, 5.74) is 1.71. The number of rotatable bonds is 6. The molecule has 9 rings (SSSR count). The number of benzene rings is 3. The SMILES string of the molecule is C#Cc1c(F)ccc2cc(O)cc(-c3ccc4c(N5C[C@@H]6CC[C@](C7CC7)(C5)N6)nc(OC[C@@]56CCCN5CC(=C)C6)nc4c3F)c12. The molecule has 4 aliphatic heterocycles. The Morgan fingerprint density at radius 2 is 1.98 bits per heavy atom. The van der Waals surface area contributed by atoms with Gasteiger partial charge in [-0.25, -0.2) is 8.78 Å². The van der Waals surface area contributed by atoms with Crippen molar-refractivity contribution in [2.45, 2.75) is 62.1 Å². The van der Waals surface area contributed by atoms with Crippen molar-refractivity contribution in [2.24, 2.45) is 5.92 Å². The van der Waals surface area contributed by atoms with Gasteiger partial charge in [-0.05, 0) is 92.6 Å². The summed E-state index contributed by atoms with van der Waals surface area (Å²) >= 11 is 0. The van der Waals surface area contributed by atoms with Gasteiger partial charge >= 0.3 is 6.01 Å². The van der Waals surface area contributed by atoms with Crippen molar-refractivity contribution in [1.29, 1.82) is 0 Å². The second-order valence-corrected chi connectivity index (χ2v) is 14.5. The zero-order chi connectivity index (χ0) is 32.1. The zero-order valence-corrected chi connectivity index (χ0v) is 26.3. The number of ether oxygens (including phenoxy) is 1. The molecule has 3 atom stereocenters. The second kappa shape index (κ2) is 10.4. The first kappa shape index (κ1) is 28.9. The molecule has 2 bridgehead atoms. The summed E-state index contributed by atoms with van der Waals surface area (Å²) in [6, 6.07) is 9.72. The van der Waals surface area contributed by atoms with Crippen LogP contribution in [0.4, 0.5) is 14.6 Å². The molecule has 1 aromatic heterocycles. The van der Waals surface area contributed by atoms with Gasteiger partial charge in [-0.1, -0.05) is 30.2 Å². The summed E-state index contributed by atoms with van der Waals surface area (Å²) in [5.74, 6) is 2.50.